The molecule has 6 heteroatoms. The Morgan fingerprint density at radius 2 is 2.00 bits per heavy atom. The minimum absolute atomic E-state index is 0.207. The lowest BCUT2D eigenvalue weighted by Gasteiger charge is -2.16. The van der Waals surface area contributed by atoms with Crippen molar-refractivity contribution in [1.82, 2.24) is 0 Å². The van der Waals surface area contributed by atoms with Gasteiger partial charge in [0.15, 0.2) is 0 Å². The molecule has 0 amide bonds. The second-order valence-corrected chi connectivity index (χ2v) is 3.61. The van der Waals surface area contributed by atoms with Crippen LogP contribution in [0.5, 0.6) is 5.75 Å². The molecule has 0 heterocycles. The van der Waals surface area contributed by atoms with Crippen molar-refractivity contribution in [3.63, 3.8) is 0 Å². The van der Waals surface area contributed by atoms with Gasteiger partial charge in [-0.05, 0) is 12.1 Å². The van der Waals surface area contributed by atoms with E-state index in [1.807, 2.05) is 0 Å². The Balaban J connectivity index is 3.48. The number of hydrogen-bond donors (Lipinski definition) is 1. The first-order valence-electron chi connectivity index (χ1n) is 3.95. The van der Waals surface area contributed by atoms with Crippen LogP contribution in [-0.4, -0.2) is 12.2 Å². The highest BCUT2D eigenvalue weighted by molar-refractivity contribution is 9.10. The van der Waals surface area contributed by atoms with Gasteiger partial charge < -0.3 is 9.84 Å². The van der Waals surface area contributed by atoms with E-state index in [-0.39, 0.29) is 15.8 Å². The van der Waals surface area contributed by atoms with E-state index in [0.29, 0.717) is 0 Å². The van der Waals surface area contributed by atoms with Crippen LogP contribution >= 0.6 is 15.9 Å². The number of rotatable bonds is 2. The quantitative estimate of drug-likeness (QED) is 0.905. The van der Waals surface area contributed by atoms with Crippen molar-refractivity contribution in [1.29, 1.82) is 0 Å². The molecular weight excluding hydrogens is 277 g/mol. The molecule has 1 aromatic rings. The monoisotopic (exact) mass is 284 g/mol. The third kappa shape index (κ3) is 2.43. The Hall–Kier alpha value is -0.750. The number of ether oxygens (including phenoxy) is 1. The van der Waals surface area contributed by atoms with Crippen LogP contribution in [0.3, 0.4) is 0 Å². The van der Waals surface area contributed by atoms with Gasteiger partial charge in [0.1, 0.15) is 11.3 Å². The minimum Gasteiger partial charge on any atom is -0.496 e. The van der Waals surface area contributed by atoms with Gasteiger partial charge in [-0.3, -0.25) is 0 Å². The smallest absolute Gasteiger partial charge is 0.420 e. The van der Waals surface area contributed by atoms with E-state index < -0.39 is 18.3 Å². The number of hydrogen-bond acceptors (Lipinski definition) is 2. The van der Waals surface area contributed by atoms with Crippen LogP contribution in [0, 0.1) is 0 Å². The van der Waals surface area contributed by atoms with Gasteiger partial charge in [0.25, 0.3) is 0 Å². The van der Waals surface area contributed by atoms with Gasteiger partial charge in [-0.2, -0.15) is 13.2 Å². The lowest BCUT2D eigenvalue weighted by atomic mass is 10.1. The predicted octanol–water partition coefficient (Wildman–Crippen LogP) is 2.97. The van der Waals surface area contributed by atoms with Crippen molar-refractivity contribution >= 4 is 15.9 Å². The lowest BCUT2D eigenvalue weighted by molar-refractivity contribution is -0.139. The molecule has 0 atom stereocenters. The van der Waals surface area contributed by atoms with Crippen molar-refractivity contribution in [2.75, 3.05) is 7.11 Å². The highest BCUT2D eigenvalue weighted by Crippen LogP contribution is 2.41. The van der Waals surface area contributed by atoms with Crippen molar-refractivity contribution in [2.45, 2.75) is 12.8 Å². The Kier molecular flexibility index (Phi) is 3.62. The molecule has 2 nitrogen and oxygen atoms in total. The molecule has 0 aliphatic rings. The lowest BCUT2D eigenvalue weighted by Crippen LogP contribution is -2.12. The van der Waals surface area contributed by atoms with Gasteiger partial charge in [-0.1, -0.05) is 15.9 Å². The fourth-order valence-corrected chi connectivity index (χ4v) is 1.69. The van der Waals surface area contributed by atoms with E-state index in [2.05, 4.69) is 20.7 Å². The molecule has 0 fully saturated rings. The standard InChI is InChI=1S/C9H8BrF3O2/c1-15-7-3-2-6(10)5(4-14)8(7)9(11,12)13/h2-3,14H,4H2,1H3. The van der Waals surface area contributed by atoms with Gasteiger partial charge in [0.2, 0.25) is 0 Å². The zero-order valence-corrected chi connectivity index (χ0v) is 9.32. The molecule has 0 spiro atoms. The van der Waals surface area contributed by atoms with Crippen molar-refractivity contribution < 1.29 is 23.0 Å². The summed E-state index contributed by atoms with van der Waals surface area (Å²) in [5.74, 6) is -0.297. The van der Waals surface area contributed by atoms with E-state index >= 15 is 0 Å². The van der Waals surface area contributed by atoms with E-state index in [0.717, 1.165) is 7.11 Å². The summed E-state index contributed by atoms with van der Waals surface area (Å²) in [6, 6.07) is 2.60. The molecule has 1 rings (SSSR count). The largest absolute Gasteiger partial charge is 0.496 e. The maximum atomic E-state index is 12.7. The average molecular weight is 285 g/mol. The third-order valence-electron chi connectivity index (χ3n) is 1.88. The second-order valence-electron chi connectivity index (χ2n) is 2.76. The number of aliphatic hydroxyl groups is 1. The molecule has 1 N–H and O–H groups in total. The zero-order chi connectivity index (χ0) is 11.6. The molecule has 0 unspecified atom stereocenters. The van der Waals surface area contributed by atoms with Crippen LogP contribution in [0.15, 0.2) is 16.6 Å². The molecule has 0 aliphatic carbocycles. The Morgan fingerprint density at radius 1 is 1.40 bits per heavy atom. The van der Waals surface area contributed by atoms with Crippen LogP contribution in [0.1, 0.15) is 11.1 Å². The highest BCUT2D eigenvalue weighted by atomic mass is 79.9. The summed E-state index contributed by atoms with van der Waals surface area (Å²) in [7, 11) is 1.15. The van der Waals surface area contributed by atoms with Gasteiger partial charge in [-0.15, -0.1) is 0 Å². The summed E-state index contributed by atoms with van der Waals surface area (Å²) in [6.45, 7) is -0.702. The maximum absolute atomic E-state index is 12.7. The summed E-state index contributed by atoms with van der Waals surface area (Å²) < 4.78 is 42.8. The normalized spacial score (nSPS) is 11.6. The summed E-state index contributed by atoms with van der Waals surface area (Å²) in [5.41, 5.74) is -1.16. The van der Waals surface area contributed by atoms with Gasteiger partial charge in [-0.25, -0.2) is 0 Å². The minimum atomic E-state index is -4.55. The summed E-state index contributed by atoms with van der Waals surface area (Å²) in [5, 5.41) is 8.90. The van der Waals surface area contributed by atoms with E-state index in [9.17, 15) is 13.2 Å². The van der Waals surface area contributed by atoms with Crippen LogP contribution in [0.25, 0.3) is 0 Å². The first-order chi connectivity index (χ1) is 6.91. The number of aliphatic hydroxyl groups excluding tert-OH is 1. The van der Waals surface area contributed by atoms with Crippen LogP contribution < -0.4 is 4.74 Å². The summed E-state index contributed by atoms with van der Waals surface area (Å²) >= 11 is 2.95. The molecule has 0 radical (unpaired) electrons. The molecule has 0 saturated heterocycles. The molecule has 0 aromatic heterocycles. The zero-order valence-electron chi connectivity index (χ0n) is 7.73. The van der Waals surface area contributed by atoms with E-state index in [1.165, 1.54) is 12.1 Å². The molecule has 15 heavy (non-hydrogen) atoms. The number of benzene rings is 1. The van der Waals surface area contributed by atoms with Crippen LogP contribution in [0.4, 0.5) is 13.2 Å². The molecule has 1 aromatic carbocycles. The SMILES string of the molecule is COc1ccc(Br)c(CO)c1C(F)(F)F. The summed E-state index contributed by atoms with van der Waals surface area (Å²) in [6.07, 6.45) is -4.55. The number of halogens is 4. The van der Waals surface area contributed by atoms with E-state index in [4.69, 9.17) is 5.11 Å². The van der Waals surface area contributed by atoms with E-state index in [1.54, 1.807) is 0 Å². The first-order valence-corrected chi connectivity index (χ1v) is 4.74. The number of methoxy groups -OCH3 is 1. The van der Waals surface area contributed by atoms with Crippen molar-refractivity contribution in [2.24, 2.45) is 0 Å². The summed E-state index contributed by atoms with van der Waals surface area (Å²) in [4.78, 5) is 0. The molecule has 0 saturated carbocycles. The maximum Gasteiger partial charge on any atom is 0.420 e. The van der Waals surface area contributed by atoms with Crippen molar-refractivity contribution in [3.8, 4) is 5.75 Å². The molecule has 0 aliphatic heterocycles. The fourth-order valence-electron chi connectivity index (χ4n) is 1.24. The Morgan fingerprint density at radius 3 is 2.40 bits per heavy atom. The van der Waals surface area contributed by atoms with Crippen LogP contribution in [0.2, 0.25) is 0 Å². The third-order valence-corrected chi connectivity index (χ3v) is 2.62. The first kappa shape index (κ1) is 12.3. The Bertz CT molecular complexity index is 363. The molecular formula is C9H8BrF3O2. The molecule has 84 valence electrons. The van der Waals surface area contributed by atoms with Crippen LogP contribution in [-0.2, 0) is 12.8 Å². The average Bonchev–Trinajstić information content (AvgIpc) is 2.15. The number of alkyl halides is 3. The van der Waals surface area contributed by atoms with Gasteiger partial charge >= 0.3 is 6.18 Å². The van der Waals surface area contributed by atoms with Gasteiger partial charge in [0.05, 0.1) is 13.7 Å². The van der Waals surface area contributed by atoms with Gasteiger partial charge in [0, 0.05) is 10.0 Å². The second kappa shape index (κ2) is 4.40. The predicted molar refractivity (Wildman–Crippen MR) is 51.6 cm³/mol. The fraction of sp³-hybridized carbons (Fsp3) is 0.333. The topological polar surface area (TPSA) is 29.5 Å². The molecule has 0 bridgehead atoms. The highest BCUT2D eigenvalue weighted by Gasteiger charge is 2.37. The Labute approximate surface area is 92.8 Å². The van der Waals surface area contributed by atoms with Crippen molar-refractivity contribution in [3.05, 3.63) is 27.7 Å².